The molecule has 1 N–H and O–H groups in total. The maximum Gasteiger partial charge on any atom is 0.123 e. The van der Waals surface area contributed by atoms with E-state index in [1.165, 1.54) is 18.6 Å². The summed E-state index contributed by atoms with van der Waals surface area (Å²) in [4.78, 5) is 0. The lowest BCUT2D eigenvalue weighted by molar-refractivity contribution is 0.430. The zero-order valence-corrected chi connectivity index (χ0v) is 11.9. The van der Waals surface area contributed by atoms with Gasteiger partial charge in [0.25, 0.3) is 0 Å². The molecule has 0 aliphatic heterocycles. The minimum atomic E-state index is -0.199. The van der Waals surface area contributed by atoms with E-state index in [1.807, 2.05) is 18.2 Å². The smallest absolute Gasteiger partial charge is 0.123 e. The van der Waals surface area contributed by atoms with Crippen molar-refractivity contribution < 1.29 is 8.81 Å². The lowest BCUT2D eigenvalue weighted by Crippen LogP contribution is -2.17. The Hall–Kier alpha value is -1.61. The van der Waals surface area contributed by atoms with Crippen LogP contribution in [0.1, 0.15) is 49.3 Å². The minimum Gasteiger partial charge on any atom is -0.464 e. The summed E-state index contributed by atoms with van der Waals surface area (Å²) < 4.78 is 18.7. The highest BCUT2D eigenvalue weighted by atomic mass is 19.1. The van der Waals surface area contributed by atoms with Gasteiger partial charge in [-0.3, -0.25) is 0 Å². The van der Waals surface area contributed by atoms with Crippen LogP contribution in [0.5, 0.6) is 0 Å². The van der Waals surface area contributed by atoms with E-state index in [0.29, 0.717) is 12.5 Å². The van der Waals surface area contributed by atoms with Crippen molar-refractivity contribution in [3.63, 3.8) is 0 Å². The predicted molar refractivity (Wildman–Crippen MR) is 76.9 cm³/mol. The van der Waals surface area contributed by atoms with Gasteiger partial charge in [-0.15, -0.1) is 0 Å². The Morgan fingerprint density at radius 2 is 1.95 bits per heavy atom. The lowest BCUT2D eigenvalue weighted by atomic mass is 10.1. The van der Waals surface area contributed by atoms with E-state index in [1.54, 1.807) is 0 Å². The summed E-state index contributed by atoms with van der Waals surface area (Å²) in [6, 6.07) is 10.9. The fourth-order valence-corrected chi connectivity index (χ4v) is 2.53. The van der Waals surface area contributed by atoms with Crippen molar-refractivity contribution in [2.45, 2.75) is 38.8 Å². The van der Waals surface area contributed by atoms with Gasteiger partial charge in [0.05, 0.1) is 6.54 Å². The third-order valence-electron chi connectivity index (χ3n) is 4.11. The third kappa shape index (κ3) is 2.93. The molecule has 1 saturated carbocycles. The number of halogens is 1. The van der Waals surface area contributed by atoms with Crippen molar-refractivity contribution in [2.75, 3.05) is 0 Å². The molecule has 2 aromatic rings. The molecule has 20 heavy (non-hydrogen) atoms. The maximum atomic E-state index is 12.9. The fraction of sp³-hybridized carbons (Fsp3) is 0.412. The molecular formula is C17H20FNO. The molecular weight excluding hydrogens is 253 g/mol. The van der Waals surface area contributed by atoms with Crippen LogP contribution in [-0.4, -0.2) is 0 Å². The van der Waals surface area contributed by atoms with Crippen LogP contribution in [0.25, 0.3) is 0 Å². The van der Waals surface area contributed by atoms with Crippen LogP contribution < -0.4 is 5.32 Å². The van der Waals surface area contributed by atoms with Gasteiger partial charge in [-0.25, -0.2) is 4.39 Å². The molecule has 2 unspecified atom stereocenters. The van der Waals surface area contributed by atoms with E-state index in [-0.39, 0.29) is 11.9 Å². The summed E-state index contributed by atoms with van der Waals surface area (Å²) in [5.41, 5.74) is 1.08. The molecule has 106 valence electrons. The van der Waals surface area contributed by atoms with Crippen LogP contribution in [0.15, 0.2) is 40.8 Å². The van der Waals surface area contributed by atoms with Crippen LogP contribution >= 0.6 is 0 Å². The van der Waals surface area contributed by atoms with E-state index in [2.05, 4.69) is 25.2 Å². The lowest BCUT2D eigenvalue weighted by Gasteiger charge is -2.13. The van der Waals surface area contributed by atoms with Crippen LogP contribution in [0.4, 0.5) is 4.39 Å². The van der Waals surface area contributed by atoms with Crippen LogP contribution in [0, 0.1) is 11.7 Å². The molecule has 3 atom stereocenters. The summed E-state index contributed by atoms with van der Waals surface area (Å²) in [5.74, 6) is 3.27. The normalized spacial score (nSPS) is 22.8. The average molecular weight is 273 g/mol. The zero-order chi connectivity index (χ0) is 14.1. The highest BCUT2D eigenvalue weighted by Gasteiger charge is 2.36. The number of nitrogens with one attached hydrogen (secondary N) is 1. The van der Waals surface area contributed by atoms with Gasteiger partial charge in [-0.1, -0.05) is 19.1 Å². The number of hydrogen-bond donors (Lipinski definition) is 1. The number of benzene rings is 1. The van der Waals surface area contributed by atoms with Crippen LogP contribution in [0.2, 0.25) is 0 Å². The van der Waals surface area contributed by atoms with Gasteiger partial charge in [-0.05, 0) is 49.1 Å². The highest BCUT2D eigenvalue weighted by Crippen LogP contribution is 2.47. The second kappa shape index (κ2) is 5.41. The summed E-state index contributed by atoms with van der Waals surface area (Å²) in [6.45, 7) is 5.02. The molecule has 0 radical (unpaired) electrons. The van der Waals surface area contributed by atoms with Crippen molar-refractivity contribution in [1.82, 2.24) is 5.32 Å². The molecule has 1 aliphatic rings. The summed E-state index contributed by atoms with van der Waals surface area (Å²) in [5, 5.41) is 3.40. The Morgan fingerprint density at radius 1 is 1.25 bits per heavy atom. The first kappa shape index (κ1) is 13.4. The molecule has 3 rings (SSSR count). The van der Waals surface area contributed by atoms with E-state index >= 15 is 0 Å². The molecule has 0 saturated heterocycles. The Labute approximate surface area is 119 Å². The quantitative estimate of drug-likeness (QED) is 0.873. The summed E-state index contributed by atoms with van der Waals surface area (Å²) >= 11 is 0. The minimum absolute atomic E-state index is 0.170. The first-order valence-electron chi connectivity index (χ1n) is 7.21. The zero-order valence-electron chi connectivity index (χ0n) is 11.9. The van der Waals surface area contributed by atoms with E-state index in [4.69, 9.17) is 4.42 Å². The Morgan fingerprint density at radius 3 is 2.60 bits per heavy atom. The Bertz CT molecular complexity index is 575. The van der Waals surface area contributed by atoms with Gasteiger partial charge in [0.15, 0.2) is 0 Å². The number of rotatable bonds is 5. The van der Waals surface area contributed by atoms with Crippen LogP contribution in [0.3, 0.4) is 0 Å². The Kier molecular flexibility index (Phi) is 3.62. The molecule has 1 aromatic heterocycles. The van der Waals surface area contributed by atoms with Crippen molar-refractivity contribution in [1.29, 1.82) is 0 Å². The van der Waals surface area contributed by atoms with Crippen molar-refractivity contribution in [2.24, 2.45) is 5.92 Å². The first-order chi connectivity index (χ1) is 9.63. The summed E-state index contributed by atoms with van der Waals surface area (Å²) in [7, 11) is 0. The highest BCUT2D eigenvalue weighted by molar-refractivity contribution is 5.20. The second-order valence-corrected chi connectivity index (χ2v) is 5.78. The third-order valence-corrected chi connectivity index (χ3v) is 4.11. The molecule has 1 fully saturated rings. The van der Waals surface area contributed by atoms with Gasteiger partial charge >= 0.3 is 0 Å². The second-order valence-electron chi connectivity index (χ2n) is 5.78. The monoisotopic (exact) mass is 273 g/mol. The number of furan rings is 1. The topological polar surface area (TPSA) is 25.2 Å². The van der Waals surface area contributed by atoms with Crippen molar-refractivity contribution >= 4 is 0 Å². The molecule has 0 amide bonds. The molecule has 0 bridgehead atoms. The molecule has 1 aromatic carbocycles. The summed E-state index contributed by atoms with van der Waals surface area (Å²) in [6.07, 6.45) is 1.24. The van der Waals surface area contributed by atoms with Gasteiger partial charge < -0.3 is 9.73 Å². The van der Waals surface area contributed by atoms with Crippen molar-refractivity contribution in [3.05, 3.63) is 59.3 Å². The maximum absolute atomic E-state index is 12.9. The van der Waals surface area contributed by atoms with E-state index in [0.717, 1.165) is 23.0 Å². The fourth-order valence-electron chi connectivity index (χ4n) is 2.53. The first-order valence-corrected chi connectivity index (χ1v) is 7.21. The molecule has 1 heterocycles. The predicted octanol–water partition coefficient (Wildman–Crippen LogP) is 4.39. The SMILES string of the molecule is CC1CC1c1ccc(CN[C@@H](C)c2ccc(F)cc2)o1. The van der Waals surface area contributed by atoms with E-state index in [9.17, 15) is 4.39 Å². The molecule has 2 nitrogen and oxygen atoms in total. The van der Waals surface area contributed by atoms with E-state index < -0.39 is 0 Å². The Balaban J connectivity index is 1.56. The average Bonchev–Trinajstić information content (AvgIpc) is 3.00. The van der Waals surface area contributed by atoms with Gasteiger partial charge in [-0.2, -0.15) is 0 Å². The van der Waals surface area contributed by atoms with Crippen molar-refractivity contribution in [3.8, 4) is 0 Å². The van der Waals surface area contributed by atoms with Crippen LogP contribution in [-0.2, 0) is 6.54 Å². The van der Waals surface area contributed by atoms with Gasteiger partial charge in [0, 0.05) is 12.0 Å². The van der Waals surface area contributed by atoms with Gasteiger partial charge in [0.2, 0.25) is 0 Å². The molecule has 1 aliphatic carbocycles. The largest absolute Gasteiger partial charge is 0.464 e. The standard InChI is InChI=1S/C17H20FNO/c1-11-9-16(11)17-8-7-15(20-17)10-19-12(2)13-3-5-14(18)6-4-13/h3-8,11-12,16,19H,9-10H2,1-2H3/t11?,12-,16?/m0/s1. The van der Waals surface area contributed by atoms with Gasteiger partial charge in [0.1, 0.15) is 17.3 Å². The number of hydrogen-bond acceptors (Lipinski definition) is 2. The molecule has 0 spiro atoms. The molecule has 3 heteroatoms.